The minimum atomic E-state index is -0.510. The van der Waals surface area contributed by atoms with Crippen LogP contribution in [0, 0.1) is 0 Å². The van der Waals surface area contributed by atoms with Crippen LogP contribution in [-0.4, -0.2) is 29.9 Å². The van der Waals surface area contributed by atoms with Crippen LogP contribution in [0.2, 0.25) is 5.02 Å². The van der Waals surface area contributed by atoms with E-state index < -0.39 is 6.10 Å². The van der Waals surface area contributed by atoms with Gasteiger partial charge in [-0.05, 0) is 38.0 Å². The Bertz CT molecular complexity index is 366. The van der Waals surface area contributed by atoms with Crippen LogP contribution >= 0.6 is 11.6 Å². The molecule has 1 unspecified atom stereocenters. The average Bonchev–Trinajstić information content (AvgIpc) is 2.25. The van der Waals surface area contributed by atoms with Crippen molar-refractivity contribution in [1.29, 1.82) is 0 Å². The number of nitrogens with zero attached hydrogens (tertiary/aromatic N) is 1. The van der Waals surface area contributed by atoms with Gasteiger partial charge in [0.1, 0.15) is 0 Å². The Balaban J connectivity index is 2.77. The molecule has 0 spiro atoms. The molecule has 1 rings (SSSR count). The van der Waals surface area contributed by atoms with Crippen molar-refractivity contribution in [1.82, 2.24) is 0 Å². The minimum absolute atomic E-state index is 0.312. The summed E-state index contributed by atoms with van der Waals surface area (Å²) in [4.78, 5) is 2.00. The molecule has 0 radical (unpaired) electrons. The number of halogens is 1. The fraction of sp³-hybridized carbons (Fsp3) is 0.538. The quantitative estimate of drug-likeness (QED) is 0.852. The van der Waals surface area contributed by atoms with E-state index in [1.54, 1.807) is 19.9 Å². The summed E-state index contributed by atoms with van der Waals surface area (Å²) in [5.41, 5.74) is 1.72. The van der Waals surface area contributed by atoms with Gasteiger partial charge in [0.2, 0.25) is 0 Å². The summed E-state index contributed by atoms with van der Waals surface area (Å²) >= 11 is 6.17. The Kier molecular flexibility index (Phi) is 5.25. The highest BCUT2D eigenvalue weighted by atomic mass is 35.5. The topological polar surface area (TPSA) is 43.7 Å². The van der Waals surface area contributed by atoms with E-state index in [9.17, 15) is 10.2 Å². The van der Waals surface area contributed by atoms with Crippen molar-refractivity contribution >= 4 is 17.3 Å². The molecule has 0 amide bonds. The maximum Gasteiger partial charge on any atom is 0.0762 e. The zero-order valence-electron chi connectivity index (χ0n) is 10.5. The maximum absolute atomic E-state index is 9.45. The number of rotatable bonds is 5. The Hall–Kier alpha value is -0.770. The van der Waals surface area contributed by atoms with Gasteiger partial charge in [0.05, 0.1) is 22.9 Å². The molecule has 0 aliphatic carbocycles. The number of aliphatic hydroxyl groups is 2. The first-order valence-corrected chi connectivity index (χ1v) is 6.16. The molecule has 0 aliphatic rings. The van der Waals surface area contributed by atoms with Crippen molar-refractivity contribution in [3.8, 4) is 0 Å². The number of anilines is 1. The van der Waals surface area contributed by atoms with E-state index >= 15 is 0 Å². The molecule has 2 N–H and O–H groups in total. The third-order valence-electron chi connectivity index (χ3n) is 2.75. The first kappa shape index (κ1) is 14.3. The number of hydrogen-bond acceptors (Lipinski definition) is 3. The van der Waals surface area contributed by atoms with Crippen LogP contribution in [0.5, 0.6) is 0 Å². The molecule has 1 aromatic rings. The normalized spacial score (nSPS) is 14.5. The summed E-state index contributed by atoms with van der Waals surface area (Å²) in [6, 6.07) is 5.54. The van der Waals surface area contributed by atoms with Crippen LogP contribution < -0.4 is 4.90 Å². The molecule has 2 atom stereocenters. The largest absolute Gasteiger partial charge is 0.393 e. The van der Waals surface area contributed by atoms with Gasteiger partial charge < -0.3 is 15.1 Å². The molecule has 0 aliphatic heterocycles. The SMILES string of the molecule is CC(O)CCN(C)c1ccc([C@H](C)O)cc1Cl. The third-order valence-corrected chi connectivity index (χ3v) is 3.05. The van der Waals surface area contributed by atoms with Crippen molar-refractivity contribution in [3.05, 3.63) is 28.8 Å². The molecule has 4 heteroatoms. The van der Waals surface area contributed by atoms with Crippen molar-refractivity contribution in [2.24, 2.45) is 0 Å². The van der Waals surface area contributed by atoms with Gasteiger partial charge in [-0.15, -0.1) is 0 Å². The van der Waals surface area contributed by atoms with Crippen LogP contribution in [0.25, 0.3) is 0 Å². The Labute approximate surface area is 108 Å². The summed E-state index contributed by atoms with van der Waals surface area (Å²) in [7, 11) is 1.94. The molecular weight excluding hydrogens is 238 g/mol. The van der Waals surface area contributed by atoms with Crippen LogP contribution in [0.15, 0.2) is 18.2 Å². The first-order valence-electron chi connectivity index (χ1n) is 5.78. The van der Waals surface area contributed by atoms with Crippen molar-refractivity contribution in [2.75, 3.05) is 18.5 Å². The van der Waals surface area contributed by atoms with E-state index in [1.165, 1.54) is 0 Å². The second kappa shape index (κ2) is 6.24. The lowest BCUT2D eigenvalue weighted by molar-refractivity contribution is 0.187. The van der Waals surface area contributed by atoms with Gasteiger partial charge in [-0.25, -0.2) is 0 Å². The lowest BCUT2D eigenvalue weighted by atomic mass is 10.1. The number of benzene rings is 1. The lowest BCUT2D eigenvalue weighted by Gasteiger charge is -2.22. The Morgan fingerprint density at radius 1 is 1.29 bits per heavy atom. The molecule has 0 heterocycles. The van der Waals surface area contributed by atoms with Gasteiger partial charge in [0.15, 0.2) is 0 Å². The van der Waals surface area contributed by atoms with E-state index in [1.807, 2.05) is 24.1 Å². The first-order chi connectivity index (χ1) is 7.91. The van der Waals surface area contributed by atoms with Gasteiger partial charge in [-0.3, -0.25) is 0 Å². The van der Waals surface area contributed by atoms with Crippen molar-refractivity contribution < 1.29 is 10.2 Å². The molecule has 17 heavy (non-hydrogen) atoms. The van der Waals surface area contributed by atoms with Gasteiger partial charge in [-0.1, -0.05) is 17.7 Å². The molecule has 3 nitrogen and oxygen atoms in total. The molecule has 0 saturated carbocycles. The third kappa shape index (κ3) is 4.19. The van der Waals surface area contributed by atoms with E-state index in [0.717, 1.165) is 17.8 Å². The van der Waals surface area contributed by atoms with E-state index in [4.69, 9.17) is 11.6 Å². The fourth-order valence-electron chi connectivity index (χ4n) is 1.59. The average molecular weight is 258 g/mol. The summed E-state index contributed by atoms with van der Waals surface area (Å²) in [6.07, 6.45) is -0.123. The molecule has 0 saturated heterocycles. The highest BCUT2D eigenvalue weighted by molar-refractivity contribution is 6.33. The second-order valence-corrected chi connectivity index (χ2v) is 4.85. The van der Waals surface area contributed by atoms with Crippen molar-refractivity contribution in [3.63, 3.8) is 0 Å². The predicted octanol–water partition coefficient (Wildman–Crippen LogP) is 2.60. The van der Waals surface area contributed by atoms with Gasteiger partial charge in [-0.2, -0.15) is 0 Å². The molecule has 0 fully saturated rings. The van der Waals surface area contributed by atoms with Gasteiger partial charge >= 0.3 is 0 Å². The van der Waals surface area contributed by atoms with Crippen LogP contribution in [-0.2, 0) is 0 Å². The molecular formula is C13H20ClNO2. The zero-order valence-corrected chi connectivity index (χ0v) is 11.3. The van der Waals surface area contributed by atoms with E-state index in [0.29, 0.717) is 11.4 Å². The molecule has 0 aromatic heterocycles. The predicted molar refractivity (Wildman–Crippen MR) is 71.7 cm³/mol. The van der Waals surface area contributed by atoms with Crippen LogP contribution in [0.3, 0.4) is 0 Å². The monoisotopic (exact) mass is 257 g/mol. The summed E-state index contributed by atoms with van der Waals surface area (Å²) in [6.45, 7) is 4.22. The standard InChI is InChI=1S/C13H20ClNO2/c1-9(16)6-7-15(3)13-5-4-11(10(2)17)8-12(13)14/h4-5,8-10,16-17H,6-7H2,1-3H3/t9?,10-/m0/s1. The molecule has 1 aromatic carbocycles. The summed E-state index contributed by atoms with van der Waals surface area (Å²) in [5.74, 6) is 0. The maximum atomic E-state index is 9.45. The van der Waals surface area contributed by atoms with Crippen LogP contribution in [0.1, 0.15) is 31.9 Å². The lowest BCUT2D eigenvalue weighted by Crippen LogP contribution is -2.22. The highest BCUT2D eigenvalue weighted by Gasteiger charge is 2.09. The highest BCUT2D eigenvalue weighted by Crippen LogP contribution is 2.28. The number of hydrogen-bond donors (Lipinski definition) is 2. The fourth-order valence-corrected chi connectivity index (χ4v) is 1.93. The number of aliphatic hydroxyl groups excluding tert-OH is 2. The smallest absolute Gasteiger partial charge is 0.0762 e. The second-order valence-electron chi connectivity index (χ2n) is 4.45. The van der Waals surface area contributed by atoms with Gasteiger partial charge in [0, 0.05) is 13.6 Å². The summed E-state index contributed by atoms with van der Waals surface area (Å²) < 4.78 is 0. The zero-order chi connectivity index (χ0) is 13.0. The Morgan fingerprint density at radius 2 is 1.94 bits per heavy atom. The van der Waals surface area contributed by atoms with Crippen molar-refractivity contribution in [2.45, 2.75) is 32.5 Å². The summed E-state index contributed by atoms with van der Waals surface area (Å²) in [5, 5.41) is 19.3. The Morgan fingerprint density at radius 3 is 2.41 bits per heavy atom. The van der Waals surface area contributed by atoms with Crippen LogP contribution in [0.4, 0.5) is 5.69 Å². The van der Waals surface area contributed by atoms with E-state index in [2.05, 4.69) is 0 Å². The molecule has 96 valence electrons. The van der Waals surface area contributed by atoms with E-state index in [-0.39, 0.29) is 6.10 Å². The van der Waals surface area contributed by atoms with Gasteiger partial charge in [0.25, 0.3) is 0 Å². The molecule has 0 bridgehead atoms. The minimum Gasteiger partial charge on any atom is -0.393 e.